The van der Waals surface area contributed by atoms with Gasteiger partial charge in [0.05, 0.1) is 18.9 Å². The van der Waals surface area contributed by atoms with Crippen LogP contribution < -0.4 is 0 Å². The first-order chi connectivity index (χ1) is 12.5. The number of halogens is 1. The first-order valence-corrected chi connectivity index (χ1v) is 9.25. The van der Waals surface area contributed by atoms with E-state index in [1.807, 2.05) is 12.1 Å². The van der Waals surface area contributed by atoms with E-state index in [0.29, 0.717) is 6.54 Å². The summed E-state index contributed by atoms with van der Waals surface area (Å²) in [4.78, 5) is 11.7. The molecule has 2 aliphatic rings. The van der Waals surface area contributed by atoms with E-state index in [1.165, 1.54) is 5.56 Å². The van der Waals surface area contributed by atoms with Gasteiger partial charge in [0.1, 0.15) is 6.17 Å². The molecule has 0 aliphatic carbocycles. The van der Waals surface area contributed by atoms with Crippen LogP contribution in [0.25, 0.3) is 0 Å². The van der Waals surface area contributed by atoms with Crippen molar-refractivity contribution in [3.8, 4) is 0 Å². The standard InChI is InChI=1S/C19H27ClN4O2/c1-5-17-21-19-16(22(17)2)11-23(10-14-6-8-15(20)9-7-14)13-24(19)12-18(25-3)26-4/h6-9,11,17-18H,5,10,12-13H2,1-4H3. The van der Waals surface area contributed by atoms with Crippen molar-refractivity contribution in [2.24, 2.45) is 4.99 Å². The fraction of sp³-hybridized carbons (Fsp3) is 0.526. The van der Waals surface area contributed by atoms with Crippen LogP contribution in [0.3, 0.4) is 0 Å². The molecule has 0 radical (unpaired) electrons. The highest BCUT2D eigenvalue weighted by Crippen LogP contribution is 2.28. The van der Waals surface area contributed by atoms with E-state index in [4.69, 9.17) is 26.1 Å². The van der Waals surface area contributed by atoms with Crippen LogP contribution in [0.5, 0.6) is 0 Å². The summed E-state index contributed by atoms with van der Waals surface area (Å²) in [6.07, 6.45) is 3.06. The van der Waals surface area contributed by atoms with Crippen LogP contribution in [-0.2, 0) is 16.0 Å². The van der Waals surface area contributed by atoms with Gasteiger partial charge in [-0.2, -0.15) is 0 Å². The molecule has 1 aromatic rings. The Morgan fingerprint density at radius 2 is 1.92 bits per heavy atom. The van der Waals surface area contributed by atoms with Crippen molar-refractivity contribution in [3.63, 3.8) is 0 Å². The van der Waals surface area contributed by atoms with Gasteiger partial charge in [0.2, 0.25) is 0 Å². The Hall–Kier alpha value is -1.76. The highest BCUT2D eigenvalue weighted by Gasteiger charge is 2.35. The summed E-state index contributed by atoms with van der Waals surface area (Å²) >= 11 is 6.01. The summed E-state index contributed by atoms with van der Waals surface area (Å²) in [5, 5.41) is 0.756. The van der Waals surface area contributed by atoms with Crippen LogP contribution in [0.15, 0.2) is 41.2 Å². The normalized spacial score (nSPS) is 19.8. The smallest absolute Gasteiger partial charge is 0.174 e. The van der Waals surface area contributed by atoms with Crippen molar-refractivity contribution in [1.29, 1.82) is 0 Å². The number of fused-ring (bicyclic) bond motifs is 1. The van der Waals surface area contributed by atoms with Crippen LogP contribution in [0.4, 0.5) is 0 Å². The predicted molar refractivity (Wildman–Crippen MR) is 104 cm³/mol. The number of hydrogen-bond acceptors (Lipinski definition) is 6. The van der Waals surface area contributed by atoms with Gasteiger partial charge >= 0.3 is 0 Å². The van der Waals surface area contributed by atoms with Crippen molar-refractivity contribution in [3.05, 3.63) is 46.7 Å². The average molecular weight is 379 g/mol. The van der Waals surface area contributed by atoms with Crippen molar-refractivity contribution in [2.45, 2.75) is 32.3 Å². The van der Waals surface area contributed by atoms with E-state index in [9.17, 15) is 0 Å². The lowest BCUT2D eigenvalue weighted by molar-refractivity contribution is -0.112. The summed E-state index contributed by atoms with van der Waals surface area (Å²) in [5.41, 5.74) is 2.36. The maximum atomic E-state index is 6.01. The van der Waals surface area contributed by atoms with Crippen molar-refractivity contribution >= 4 is 17.4 Å². The number of benzene rings is 1. The molecule has 0 spiro atoms. The van der Waals surface area contributed by atoms with Gasteiger partial charge in [-0.05, 0) is 24.1 Å². The van der Waals surface area contributed by atoms with Gasteiger partial charge in [0, 0.05) is 39.0 Å². The van der Waals surface area contributed by atoms with Gasteiger partial charge < -0.3 is 24.2 Å². The van der Waals surface area contributed by atoms with Crippen molar-refractivity contribution in [2.75, 3.05) is 34.5 Å². The molecule has 1 aromatic carbocycles. The number of amidine groups is 1. The number of rotatable bonds is 7. The lowest BCUT2D eigenvalue weighted by Gasteiger charge is -2.38. The third kappa shape index (κ3) is 3.98. The van der Waals surface area contributed by atoms with Gasteiger partial charge in [-0.1, -0.05) is 30.7 Å². The van der Waals surface area contributed by atoms with Crippen LogP contribution in [0.1, 0.15) is 18.9 Å². The van der Waals surface area contributed by atoms with E-state index < -0.39 is 0 Å². The van der Waals surface area contributed by atoms with Gasteiger partial charge in [0.15, 0.2) is 12.1 Å². The monoisotopic (exact) mass is 378 g/mol. The minimum atomic E-state index is -0.291. The molecule has 2 aliphatic heterocycles. The second kappa shape index (κ2) is 8.29. The maximum Gasteiger partial charge on any atom is 0.174 e. The van der Waals surface area contributed by atoms with E-state index in [2.05, 4.69) is 47.0 Å². The molecule has 2 heterocycles. The summed E-state index contributed by atoms with van der Waals surface area (Å²) in [5.74, 6) is 1.02. The zero-order valence-corrected chi connectivity index (χ0v) is 16.6. The SMILES string of the molecule is CCC1N=C2C(=CN(Cc3ccc(Cl)cc3)CN2CC(OC)OC)N1C. The first kappa shape index (κ1) is 19.0. The van der Waals surface area contributed by atoms with Crippen molar-refractivity contribution < 1.29 is 9.47 Å². The van der Waals surface area contributed by atoms with Gasteiger partial charge in [0.25, 0.3) is 0 Å². The quantitative estimate of drug-likeness (QED) is 0.682. The van der Waals surface area contributed by atoms with E-state index in [0.717, 1.165) is 36.2 Å². The number of methoxy groups -OCH3 is 2. The molecule has 0 saturated carbocycles. The third-order valence-electron chi connectivity index (χ3n) is 4.84. The highest BCUT2D eigenvalue weighted by molar-refractivity contribution is 6.30. The Kier molecular flexibility index (Phi) is 6.06. The fourth-order valence-electron chi connectivity index (χ4n) is 3.36. The zero-order chi connectivity index (χ0) is 18.7. The Bertz CT molecular complexity index is 673. The number of nitrogens with zero attached hydrogens (tertiary/aromatic N) is 4. The molecule has 142 valence electrons. The van der Waals surface area contributed by atoms with Gasteiger partial charge in [-0.25, -0.2) is 4.99 Å². The summed E-state index contributed by atoms with van der Waals surface area (Å²) in [6.45, 7) is 4.33. The van der Waals surface area contributed by atoms with Crippen LogP contribution in [0.2, 0.25) is 5.02 Å². The molecule has 0 aromatic heterocycles. The largest absolute Gasteiger partial charge is 0.354 e. The molecule has 3 rings (SSSR count). The maximum absolute atomic E-state index is 6.01. The number of ether oxygens (including phenoxy) is 2. The molecule has 0 N–H and O–H groups in total. The molecule has 0 bridgehead atoms. The lowest BCUT2D eigenvalue weighted by atomic mass is 10.2. The summed E-state index contributed by atoms with van der Waals surface area (Å²) in [6, 6.07) is 7.99. The Labute approximate surface area is 160 Å². The van der Waals surface area contributed by atoms with Gasteiger partial charge in [-0.3, -0.25) is 0 Å². The lowest BCUT2D eigenvalue weighted by Crippen LogP contribution is -2.48. The third-order valence-corrected chi connectivity index (χ3v) is 5.10. The number of aliphatic imine (C=N–C) groups is 1. The van der Waals surface area contributed by atoms with Crippen LogP contribution in [0, 0.1) is 0 Å². The molecular formula is C19H27ClN4O2. The van der Waals surface area contributed by atoms with Crippen molar-refractivity contribution in [1.82, 2.24) is 14.7 Å². The number of hydrogen-bond donors (Lipinski definition) is 0. The Morgan fingerprint density at radius 3 is 2.54 bits per heavy atom. The highest BCUT2D eigenvalue weighted by atomic mass is 35.5. The molecule has 7 heteroatoms. The Balaban J connectivity index is 1.83. The molecule has 1 atom stereocenters. The summed E-state index contributed by atoms with van der Waals surface area (Å²) in [7, 11) is 5.43. The van der Waals surface area contributed by atoms with E-state index >= 15 is 0 Å². The van der Waals surface area contributed by atoms with E-state index in [1.54, 1.807) is 14.2 Å². The van der Waals surface area contributed by atoms with Crippen LogP contribution >= 0.6 is 11.6 Å². The predicted octanol–water partition coefficient (Wildman–Crippen LogP) is 2.96. The molecule has 26 heavy (non-hydrogen) atoms. The minimum Gasteiger partial charge on any atom is -0.354 e. The zero-order valence-electron chi connectivity index (χ0n) is 15.9. The summed E-state index contributed by atoms with van der Waals surface area (Å²) < 4.78 is 10.8. The first-order valence-electron chi connectivity index (χ1n) is 8.87. The van der Waals surface area contributed by atoms with Crippen LogP contribution in [-0.4, -0.2) is 67.5 Å². The molecule has 0 saturated heterocycles. The molecular weight excluding hydrogens is 352 g/mol. The fourth-order valence-corrected chi connectivity index (χ4v) is 3.49. The number of likely N-dealkylation sites (N-methyl/N-ethyl adjacent to an activating group) is 1. The topological polar surface area (TPSA) is 40.5 Å². The second-order valence-corrected chi connectivity index (χ2v) is 7.04. The van der Waals surface area contributed by atoms with Gasteiger partial charge in [-0.15, -0.1) is 0 Å². The minimum absolute atomic E-state index is 0.178. The molecule has 1 unspecified atom stereocenters. The Morgan fingerprint density at radius 1 is 1.23 bits per heavy atom. The molecule has 0 fully saturated rings. The molecule has 6 nitrogen and oxygen atoms in total. The molecule has 0 amide bonds. The second-order valence-electron chi connectivity index (χ2n) is 6.60. The van der Waals surface area contributed by atoms with E-state index in [-0.39, 0.29) is 12.5 Å². The average Bonchev–Trinajstić information content (AvgIpc) is 2.98.